The van der Waals surface area contributed by atoms with Gasteiger partial charge in [0.2, 0.25) is 0 Å². The Labute approximate surface area is 128 Å². The van der Waals surface area contributed by atoms with E-state index in [2.05, 4.69) is 42.0 Å². The zero-order valence-corrected chi connectivity index (χ0v) is 13.0. The summed E-state index contributed by atoms with van der Waals surface area (Å²) in [6.45, 7) is 5.95. The number of benzene rings is 1. The molecule has 0 unspecified atom stereocenters. The highest BCUT2D eigenvalue weighted by atomic mass is 32.1. The maximum absolute atomic E-state index is 11.3. The van der Waals surface area contributed by atoms with Crippen LogP contribution in [-0.2, 0) is 0 Å². The van der Waals surface area contributed by atoms with Crippen molar-refractivity contribution in [3.05, 3.63) is 45.7 Å². The Bertz CT molecular complexity index is 738. The summed E-state index contributed by atoms with van der Waals surface area (Å²) in [4.78, 5) is 22.6. The van der Waals surface area contributed by atoms with E-state index in [-0.39, 0.29) is 5.56 Å². The van der Waals surface area contributed by atoms with Crippen molar-refractivity contribution in [2.45, 2.75) is 26.7 Å². The summed E-state index contributed by atoms with van der Waals surface area (Å²) < 4.78 is 0. The van der Waals surface area contributed by atoms with Crippen molar-refractivity contribution in [2.75, 3.05) is 5.32 Å². The van der Waals surface area contributed by atoms with Gasteiger partial charge in [0.15, 0.2) is 0 Å². The fourth-order valence-corrected chi connectivity index (χ4v) is 2.24. The van der Waals surface area contributed by atoms with E-state index in [4.69, 9.17) is 0 Å². The van der Waals surface area contributed by atoms with E-state index >= 15 is 0 Å². The van der Waals surface area contributed by atoms with Crippen LogP contribution in [-0.4, -0.2) is 15.4 Å². The van der Waals surface area contributed by atoms with Gasteiger partial charge in [-0.3, -0.25) is 9.59 Å². The molecule has 1 heterocycles. The van der Waals surface area contributed by atoms with Crippen molar-refractivity contribution in [3.8, 4) is 11.3 Å². The first kappa shape index (κ1) is 15.3. The molecule has 0 saturated carbocycles. The molecule has 0 radical (unpaired) electrons. The zero-order valence-electron chi connectivity index (χ0n) is 12.1. The van der Waals surface area contributed by atoms with Gasteiger partial charge in [-0.05, 0) is 30.0 Å². The number of amides is 1. The number of anilines is 1. The van der Waals surface area contributed by atoms with Gasteiger partial charge in [-0.2, -0.15) is 5.10 Å². The predicted octanol–water partition coefficient (Wildman–Crippen LogP) is 3.33. The van der Waals surface area contributed by atoms with E-state index in [0.717, 1.165) is 16.7 Å². The number of aryl methyl sites for hydroxylation is 1. The molecular formula is C15H17N3O2S. The molecule has 2 rings (SSSR count). The number of aromatic amines is 1. The van der Waals surface area contributed by atoms with Gasteiger partial charge < -0.3 is 5.32 Å². The maximum Gasteiger partial charge on any atom is 0.280 e. The highest BCUT2D eigenvalue weighted by molar-refractivity contribution is 7.96. The fraction of sp³-hybridized carbons (Fsp3) is 0.267. The molecule has 1 amide bonds. The molecule has 0 aliphatic heterocycles. The summed E-state index contributed by atoms with van der Waals surface area (Å²) in [6, 6.07) is 7.26. The van der Waals surface area contributed by atoms with Crippen LogP contribution in [0.2, 0.25) is 0 Å². The van der Waals surface area contributed by atoms with Gasteiger partial charge in [0.1, 0.15) is 0 Å². The Morgan fingerprint density at radius 2 is 2.05 bits per heavy atom. The molecule has 0 fully saturated rings. The molecule has 0 aliphatic carbocycles. The number of thiol groups is 1. The lowest BCUT2D eigenvalue weighted by atomic mass is 9.97. The van der Waals surface area contributed by atoms with Crippen LogP contribution in [0, 0.1) is 6.92 Å². The third-order valence-corrected chi connectivity index (χ3v) is 3.32. The second-order valence-corrected chi connectivity index (χ2v) is 5.56. The molecule has 110 valence electrons. The van der Waals surface area contributed by atoms with Crippen molar-refractivity contribution in [2.24, 2.45) is 0 Å². The molecule has 5 nitrogen and oxygen atoms in total. The van der Waals surface area contributed by atoms with Gasteiger partial charge in [-0.25, -0.2) is 5.10 Å². The van der Waals surface area contributed by atoms with Crippen molar-refractivity contribution < 1.29 is 4.79 Å². The first-order valence-corrected chi connectivity index (χ1v) is 7.04. The number of nitrogens with one attached hydrogen (secondary N) is 2. The highest BCUT2D eigenvalue weighted by Gasteiger charge is 2.13. The largest absolute Gasteiger partial charge is 0.316 e. The van der Waals surface area contributed by atoms with Gasteiger partial charge in [-0.1, -0.05) is 38.6 Å². The summed E-state index contributed by atoms with van der Waals surface area (Å²) in [6.07, 6.45) is 0. The first-order valence-electron chi connectivity index (χ1n) is 6.59. The van der Waals surface area contributed by atoms with Crippen LogP contribution in [0.4, 0.5) is 10.5 Å². The van der Waals surface area contributed by atoms with Crippen LogP contribution in [0.15, 0.2) is 29.1 Å². The lowest BCUT2D eigenvalue weighted by Gasteiger charge is -2.14. The summed E-state index contributed by atoms with van der Waals surface area (Å²) in [7, 11) is 0. The molecule has 2 aromatic rings. The van der Waals surface area contributed by atoms with E-state index in [9.17, 15) is 9.59 Å². The predicted molar refractivity (Wildman–Crippen MR) is 87.1 cm³/mol. The van der Waals surface area contributed by atoms with Gasteiger partial charge >= 0.3 is 0 Å². The minimum absolute atomic E-state index is 0.255. The summed E-state index contributed by atoms with van der Waals surface area (Å²) in [5.41, 5.74) is 3.58. The van der Waals surface area contributed by atoms with Crippen LogP contribution in [0.5, 0.6) is 0 Å². The second kappa shape index (κ2) is 6.13. The normalized spacial score (nSPS) is 10.7. The van der Waals surface area contributed by atoms with Crippen LogP contribution in [0.1, 0.15) is 30.9 Å². The molecule has 1 aromatic carbocycles. The monoisotopic (exact) mass is 303 g/mol. The molecule has 0 atom stereocenters. The van der Waals surface area contributed by atoms with E-state index < -0.39 is 5.24 Å². The van der Waals surface area contributed by atoms with E-state index in [0.29, 0.717) is 17.3 Å². The van der Waals surface area contributed by atoms with E-state index in [1.807, 2.05) is 18.2 Å². The average Bonchev–Trinajstić information content (AvgIpc) is 2.38. The topological polar surface area (TPSA) is 74.8 Å². The van der Waals surface area contributed by atoms with Crippen LogP contribution in [0.25, 0.3) is 11.3 Å². The summed E-state index contributed by atoms with van der Waals surface area (Å²) >= 11 is 3.77. The summed E-state index contributed by atoms with van der Waals surface area (Å²) in [5.74, 6) is 0.333. The Morgan fingerprint density at radius 3 is 2.62 bits per heavy atom. The van der Waals surface area contributed by atoms with E-state index in [1.165, 1.54) is 6.07 Å². The number of carbonyl (C=O) groups is 1. The SMILES string of the molecule is Cc1cc(=O)[nH]nc1-c1ccc(C(C)C)cc1NC(=O)S. The minimum Gasteiger partial charge on any atom is -0.316 e. The molecule has 0 saturated heterocycles. The summed E-state index contributed by atoms with van der Waals surface area (Å²) in [5, 5.41) is 8.75. The molecule has 0 aliphatic rings. The quantitative estimate of drug-likeness (QED) is 0.761. The van der Waals surface area contributed by atoms with Crippen molar-refractivity contribution in [3.63, 3.8) is 0 Å². The van der Waals surface area contributed by atoms with Crippen molar-refractivity contribution in [1.29, 1.82) is 0 Å². The molecule has 6 heteroatoms. The van der Waals surface area contributed by atoms with E-state index in [1.54, 1.807) is 6.92 Å². The average molecular weight is 303 g/mol. The number of hydrogen-bond donors (Lipinski definition) is 3. The fourth-order valence-electron chi connectivity index (χ4n) is 2.12. The van der Waals surface area contributed by atoms with Gasteiger partial charge in [0.05, 0.1) is 11.4 Å². The zero-order chi connectivity index (χ0) is 15.6. The Morgan fingerprint density at radius 1 is 1.33 bits per heavy atom. The van der Waals surface area contributed by atoms with Crippen molar-refractivity contribution >= 4 is 23.6 Å². The lowest BCUT2D eigenvalue weighted by Crippen LogP contribution is -2.10. The van der Waals surface area contributed by atoms with Gasteiger partial charge in [0, 0.05) is 11.6 Å². The Kier molecular flexibility index (Phi) is 4.47. The molecular weight excluding hydrogens is 286 g/mol. The molecule has 1 aromatic heterocycles. The lowest BCUT2D eigenvalue weighted by molar-refractivity contribution is 0.270. The number of H-pyrrole nitrogens is 1. The van der Waals surface area contributed by atoms with Crippen LogP contribution in [0.3, 0.4) is 0 Å². The van der Waals surface area contributed by atoms with Crippen LogP contribution < -0.4 is 10.9 Å². The molecule has 21 heavy (non-hydrogen) atoms. The van der Waals surface area contributed by atoms with Gasteiger partial charge in [-0.15, -0.1) is 0 Å². The van der Waals surface area contributed by atoms with Crippen molar-refractivity contribution in [1.82, 2.24) is 10.2 Å². The molecule has 2 N–H and O–H groups in total. The standard InChI is InChI=1S/C15H17N3O2S/c1-8(2)10-4-5-11(12(7-10)16-15(20)21)14-9(3)6-13(19)17-18-14/h4-8H,1-3H3,(H,17,19)(H2,16,20,21). The number of rotatable bonds is 3. The third kappa shape index (κ3) is 3.52. The number of aromatic nitrogens is 2. The first-order chi connectivity index (χ1) is 9.88. The molecule has 0 bridgehead atoms. The van der Waals surface area contributed by atoms with Crippen LogP contribution >= 0.6 is 12.6 Å². The second-order valence-electron chi connectivity index (χ2n) is 5.15. The molecule has 0 spiro atoms. The number of nitrogens with zero attached hydrogens (tertiary/aromatic N) is 1. The number of hydrogen-bond acceptors (Lipinski definition) is 3. The third-order valence-electron chi connectivity index (χ3n) is 3.21. The highest BCUT2D eigenvalue weighted by Crippen LogP contribution is 2.31. The Balaban J connectivity index is 2.61. The van der Waals surface area contributed by atoms with Gasteiger partial charge in [0.25, 0.3) is 10.8 Å². The number of carbonyl (C=O) groups excluding carboxylic acids is 1. The smallest absolute Gasteiger partial charge is 0.280 e. The minimum atomic E-state index is -0.445. The maximum atomic E-state index is 11.3. The Hall–Kier alpha value is -2.08.